The number of nitrogens with one attached hydrogen (secondary N) is 1. The van der Waals surface area contributed by atoms with E-state index in [-0.39, 0.29) is 0 Å². The number of nitrogens with zero attached hydrogens (tertiary/aromatic N) is 1. The number of aromatic amines is 1. The molecule has 0 aliphatic heterocycles. The van der Waals surface area contributed by atoms with Gasteiger partial charge < -0.3 is 4.98 Å². The molecule has 2 aromatic carbocycles. The molecule has 4 aromatic rings. The SMILES string of the molecule is Clc1ccc2[nH]c3c(Cl)nc4ccccc4c3c2c1. The predicted octanol–water partition coefficient (Wildman–Crippen LogP) is 5.18. The molecule has 92 valence electrons. The topological polar surface area (TPSA) is 28.7 Å². The van der Waals surface area contributed by atoms with Gasteiger partial charge in [-0.25, -0.2) is 4.98 Å². The van der Waals surface area contributed by atoms with Crippen molar-refractivity contribution in [2.24, 2.45) is 0 Å². The maximum Gasteiger partial charge on any atom is 0.153 e. The molecule has 1 N–H and O–H groups in total. The van der Waals surface area contributed by atoms with Crippen molar-refractivity contribution in [2.75, 3.05) is 0 Å². The number of fused-ring (bicyclic) bond motifs is 5. The number of pyridine rings is 1. The first-order chi connectivity index (χ1) is 9.24. The smallest absolute Gasteiger partial charge is 0.153 e. The van der Waals surface area contributed by atoms with E-state index in [4.69, 9.17) is 23.2 Å². The van der Waals surface area contributed by atoms with Gasteiger partial charge in [-0.1, -0.05) is 41.4 Å². The van der Waals surface area contributed by atoms with E-state index in [0.717, 1.165) is 32.7 Å². The van der Waals surface area contributed by atoms with E-state index in [1.165, 1.54) is 0 Å². The molecule has 2 aromatic heterocycles. The molecule has 0 aliphatic carbocycles. The fourth-order valence-electron chi connectivity index (χ4n) is 2.54. The second-order valence-corrected chi connectivity index (χ2v) is 5.28. The van der Waals surface area contributed by atoms with E-state index in [1.54, 1.807) is 0 Å². The first kappa shape index (κ1) is 11.1. The Morgan fingerprint density at radius 3 is 2.68 bits per heavy atom. The summed E-state index contributed by atoms with van der Waals surface area (Å²) >= 11 is 12.4. The Kier molecular flexibility index (Phi) is 2.25. The summed E-state index contributed by atoms with van der Waals surface area (Å²) in [5, 5.41) is 4.43. The van der Waals surface area contributed by atoms with Crippen LogP contribution in [-0.2, 0) is 0 Å². The fraction of sp³-hybridized carbons (Fsp3) is 0. The summed E-state index contributed by atoms with van der Waals surface area (Å²) in [6.07, 6.45) is 0. The number of hydrogen-bond donors (Lipinski definition) is 1. The summed E-state index contributed by atoms with van der Waals surface area (Å²) in [6.45, 7) is 0. The van der Waals surface area contributed by atoms with Gasteiger partial charge in [0.05, 0.1) is 11.0 Å². The molecule has 2 nitrogen and oxygen atoms in total. The lowest BCUT2D eigenvalue weighted by Gasteiger charge is -2.01. The molecule has 19 heavy (non-hydrogen) atoms. The highest BCUT2D eigenvalue weighted by molar-refractivity contribution is 6.38. The van der Waals surface area contributed by atoms with Gasteiger partial charge in [0.2, 0.25) is 0 Å². The lowest BCUT2D eigenvalue weighted by Crippen LogP contribution is -1.82. The minimum atomic E-state index is 0.487. The van der Waals surface area contributed by atoms with Crippen LogP contribution in [0.4, 0.5) is 0 Å². The average Bonchev–Trinajstić information content (AvgIpc) is 2.78. The Balaban J connectivity index is 2.38. The lowest BCUT2D eigenvalue weighted by atomic mass is 10.1. The largest absolute Gasteiger partial charge is 0.352 e. The summed E-state index contributed by atoms with van der Waals surface area (Å²) in [7, 11) is 0. The zero-order valence-corrected chi connectivity index (χ0v) is 11.3. The van der Waals surface area contributed by atoms with Crippen molar-refractivity contribution in [2.45, 2.75) is 0 Å². The highest BCUT2D eigenvalue weighted by atomic mass is 35.5. The standard InChI is InChI=1S/C15H8Cl2N2/c16-8-5-6-12-10(7-8)13-9-3-1-2-4-11(9)19-15(17)14(13)18-12/h1-7,18H. The summed E-state index contributed by atoms with van der Waals surface area (Å²) in [6, 6.07) is 13.8. The van der Waals surface area contributed by atoms with E-state index < -0.39 is 0 Å². The first-order valence-electron chi connectivity index (χ1n) is 5.89. The molecule has 0 unspecified atom stereocenters. The van der Waals surface area contributed by atoms with Gasteiger partial charge in [-0.15, -0.1) is 0 Å². The molecule has 4 heteroatoms. The van der Waals surface area contributed by atoms with E-state index >= 15 is 0 Å². The van der Waals surface area contributed by atoms with Crippen LogP contribution in [0.5, 0.6) is 0 Å². The van der Waals surface area contributed by atoms with E-state index in [9.17, 15) is 0 Å². The molecule has 0 fully saturated rings. The summed E-state index contributed by atoms with van der Waals surface area (Å²) < 4.78 is 0. The maximum atomic E-state index is 6.27. The van der Waals surface area contributed by atoms with E-state index in [2.05, 4.69) is 16.0 Å². The predicted molar refractivity (Wildman–Crippen MR) is 81.1 cm³/mol. The van der Waals surface area contributed by atoms with Crippen LogP contribution < -0.4 is 0 Å². The highest BCUT2D eigenvalue weighted by Crippen LogP contribution is 2.35. The number of para-hydroxylation sites is 1. The normalized spacial score (nSPS) is 11.7. The lowest BCUT2D eigenvalue weighted by molar-refractivity contribution is 1.41. The third-order valence-corrected chi connectivity index (χ3v) is 3.87. The minimum absolute atomic E-state index is 0.487. The summed E-state index contributed by atoms with van der Waals surface area (Å²) in [4.78, 5) is 7.74. The van der Waals surface area contributed by atoms with Crippen LogP contribution in [0.15, 0.2) is 42.5 Å². The van der Waals surface area contributed by atoms with Gasteiger partial charge in [0.25, 0.3) is 0 Å². The van der Waals surface area contributed by atoms with Gasteiger partial charge >= 0.3 is 0 Å². The first-order valence-corrected chi connectivity index (χ1v) is 6.65. The molecule has 0 radical (unpaired) electrons. The number of H-pyrrole nitrogens is 1. The highest BCUT2D eigenvalue weighted by Gasteiger charge is 2.12. The van der Waals surface area contributed by atoms with Gasteiger partial charge in [-0.05, 0) is 24.3 Å². The van der Waals surface area contributed by atoms with Crippen LogP contribution >= 0.6 is 23.2 Å². The second kappa shape index (κ2) is 3.86. The molecule has 4 rings (SSSR count). The number of halogens is 2. The van der Waals surface area contributed by atoms with Gasteiger partial charge in [0.1, 0.15) is 0 Å². The molecule has 0 saturated heterocycles. The van der Waals surface area contributed by atoms with Gasteiger partial charge in [-0.3, -0.25) is 0 Å². The quantitative estimate of drug-likeness (QED) is 0.444. The Morgan fingerprint density at radius 1 is 0.947 bits per heavy atom. The minimum Gasteiger partial charge on any atom is -0.352 e. The molecule has 0 bridgehead atoms. The number of hydrogen-bond acceptors (Lipinski definition) is 1. The molecule has 0 atom stereocenters. The van der Waals surface area contributed by atoms with E-state index in [0.29, 0.717) is 10.2 Å². The zero-order chi connectivity index (χ0) is 13.0. The molecular formula is C15H8Cl2N2. The van der Waals surface area contributed by atoms with Crippen LogP contribution in [0.1, 0.15) is 0 Å². The van der Waals surface area contributed by atoms with Crippen molar-refractivity contribution in [3.8, 4) is 0 Å². The van der Waals surface area contributed by atoms with Crippen LogP contribution in [0, 0.1) is 0 Å². The summed E-state index contributed by atoms with van der Waals surface area (Å²) in [5.74, 6) is 0. The van der Waals surface area contributed by atoms with Crippen molar-refractivity contribution in [1.29, 1.82) is 0 Å². The molecule has 0 aliphatic rings. The Bertz CT molecular complexity index is 941. The Hall–Kier alpha value is -1.77. The van der Waals surface area contributed by atoms with Gasteiger partial charge in [-0.2, -0.15) is 0 Å². The van der Waals surface area contributed by atoms with Gasteiger partial charge in [0, 0.05) is 26.7 Å². The average molecular weight is 287 g/mol. The second-order valence-electron chi connectivity index (χ2n) is 4.48. The molecule has 0 spiro atoms. The van der Waals surface area contributed by atoms with Crippen molar-refractivity contribution in [3.05, 3.63) is 52.6 Å². The monoisotopic (exact) mass is 286 g/mol. The number of rotatable bonds is 0. The zero-order valence-electron chi connectivity index (χ0n) is 9.74. The van der Waals surface area contributed by atoms with E-state index in [1.807, 2.05) is 36.4 Å². The Morgan fingerprint density at radius 2 is 1.79 bits per heavy atom. The van der Waals surface area contributed by atoms with Crippen molar-refractivity contribution in [1.82, 2.24) is 9.97 Å². The number of aromatic nitrogens is 2. The molecule has 2 heterocycles. The maximum absolute atomic E-state index is 6.27. The summed E-state index contributed by atoms with van der Waals surface area (Å²) in [5.41, 5.74) is 2.76. The molecular weight excluding hydrogens is 279 g/mol. The number of benzene rings is 2. The third-order valence-electron chi connectivity index (χ3n) is 3.36. The van der Waals surface area contributed by atoms with Crippen LogP contribution in [-0.4, -0.2) is 9.97 Å². The third kappa shape index (κ3) is 1.54. The van der Waals surface area contributed by atoms with Crippen molar-refractivity contribution >= 4 is 55.9 Å². The van der Waals surface area contributed by atoms with Gasteiger partial charge in [0.15, 0.2) is 5.15 Å². The van der Waals surface area contributed by atoms with Crippen molar-refractivity contribution < 1.29 is 0 Å². The van der Waals surface area contributed by atoms with Crippen LogP contribution in [0.25, 0.3) is 32.7 Å². The van der Waals surface area contributed by atoms with Crippen LogP contribution in [0.3, 0.4) is 0 Å². The van der Waals surface area contributed by atoms with Crippen LogP contribution in [0.2, 0.25) is 10.2 Å². The molecule has 0 saturated carbocycles. The Labute approximate surface area is 119 Å². The fourth-order valence-corrected chi connectivity index (χ4v) is 2.95. The molecule has 0 amide bonds. The van der Waals surface area contributed by atoms with Crippen molar-refractivity contribution in [3.63, 3.8) is 0 Å².